The van der Waals surface area contributed by atoms with Crippen LogP contribution in [0.1, 0.15) is 33.6 Å². The van der Waals surface area contributed by atoms with E-state index in [2.05, 4.69) is 4.98 Å². The van der Waals surface area contributed by atoms with E-state index in [9.17, 15) is 14.7 Å². The van der Waals surface area contributed by atoms with E-state index in [0.717, 1.165) is 12.8 Å². The van der Waals surface area contributed by atoms with Crippen molar-refractivity contribution in [2.24, 2.45) is 0 Å². The van der Waals surface area contributed by atoms with Crippen molar-refractivity contribution in [1.82, 2.24) is 9.55 Å². The molecule has 0 saturated carbocycles. The van der Waals surface area contributed by atoms with Gasteiger partial charge in [0.2, 0.25) is 0 Å². The fourth-order valence-electron chi connectivity index (χ4n) is 2.48. The first-order chi connectivity index (χ1) is 9.51. The molecule has 0 amide bonds. The summed E-state index contributed by atoms with van der Waals surface area (Å²) in [6, 6.07) is 0.0911. The van der Waals surface area contributed by atoms with Crippen molar-refractivity contribution < 1.29 is 5.11 Å². The number of H-pyrrole nitrogens is 1. The van der Waals surface area contributed by atoms with E-state index in [1.807, 2.05) is 13.8 Å². The van der Waals surface area contributed by atoms with Crippen molar-refractivity contribution in [3.05, 3.63) is 20.8 Å². The van der Waals surface area contributed by atoms with Crippen molar-refractivity contribution in [3.8, 4) is 0 Å². The lowest BCUT2D eigenvalue weighted by Crippen LogP contribution is -2.44. The second kappa shape index (κ2) is 7.14. The zero-order valence-corrected chi connectivity index (χ0v) is 12.3. The minimum absolute atomic E-state index is 0.0827. The molecule has 0 aliphatic carbocycles. The summed E-state index contributed by atoms with van der Waals surface area (Å²) in [5.41, 5.74) is 5.26. The van der Waals surface area contributed by atoms with Crippen LogP contribution in [-0.2, 0) is 6.54 Å². The van der Waals surface area contributed by atoms with E-state index in [4.69, 9.17) is 5.73 Å². The molecule has 0 atom stereocenters. The van der Waals surface area contributed by atoms with Crippen molar-refractivity contribution in [1.29, 1.82) is 0 Å². The Morgan fingerprint density at radius 3 is 2.35 bits per heavy atom. The average molecular weight is 284 g/mol. The molecule has 0 aliphatic heterocycles. The largest absolute Gasteiger partial charge is 0.395 e. The monoisotopic (exact) mass is 284 g/mol. The Labute approximate surface area is 118 Å². The summed E-state index contributed by atoms with van der Waals surface area (Å²) in [4.78, 5) is 27.9. The number of nitrogen functional groups attached to an aromatic ring is 1. The third-order valence-electron chi connectivity index (χ3n) is 3.54. The number of rotatable bonds is 7. The molecule has 1 aromatic rings. The maximum Gasteiger partial charge on any atom is 0.330 e. The Balaban J connectivity index is 3.47. The lowest BCUT2D eigenvalue weighted by Gasteiger charge is -2.32. The molecule has 1 heterocycles. The molecule has 114 valence electrons. The van der Waals surface area contributed by atoms with Gasteiger partial charge in [-0.3, -0.25) is 14.3 Å². The zero-order chi connectivity index (χ0) is 15.3. The van der Waals surface area contributed by atoms with Gasteiger partial charge in [0.1, 0.15) is 11.5 Å². The first-order valence-corrected chi connectivity index (χ1v) is 7.01. The summed E-state index contributed by atoms with van der Waals surface area (Å²) in [5, 5.41) is 9.24. The molecule has 0 aliphatic rings. The molecule has 0 saturated heterocycles. The topological polar surface area (TPSA) is 104 Å². The van der Waals surface area contributed by atoms with E-state index in [-0.39, 0.29) is 24.2 Å². The molecule has 0 unspecified atom stereocenters. The quantitative estimate of drug-likeness (QED) is 0.660. The van der Waals surface area contributed by atoms with Gasteiger partial charge in [-0.2, -0.15) is 0 Å². The maximum absolute atomic E-state index is 12.1. The second-order valence-electron chi connectivity index (χ2n) is 4.62. The predicted molar refractivity (Wildman–Crippen MR) is 80.2 cm³/mol. The number of nitrogens with one attached hydrogen (secondary N) is 1. The third kappa shape index (κ3) is 3.04. The van der Waals surface area contributed by atoms with Gasteiger partial charge in [-0.05, 0) is 19.8 Å². The van der Waals surface area contributed by atoms with Gasteiger partial charge in [0, 0.05) is 19.1 Å². The summed E-state index contributed by atoms with van der Waals surface area (Å²) in [5.74, 6) is 0.154. The molecule has 0 radical (unpaired) electrons. The minimum Gasteiger partial charge on any atom is -0.395 e. The number of hydrogen-bond acceptors (Lipinski definition) is 5. The molecule has 20 heavy (non-hydrogen) atoms. The number of aliphatic hydroxyl groups excluding tert-OH is 1. The van der Waals surface area contributed by atoms with Crippen molar-refractivity contribution in [2.45, 2.75) is 46.2 Å². The third-order valence-corrected chi connectivity index (χ3v) is 3.54. The number of anilines is 2. The van der Waals surface area contributed by atoms with Crippen LogP contribution < -0.4 is 21.9 Å². The van der Waals surface area contributed by atoms with Gasteiger partial charge in [0.05, 0.1) is 6.61 Å². The lowest BCUT2D eigenvalue weighted by atomic mass is 10.1. The molecule has 0 bridgehead atoms. The molecule has 7 nitrogen and oxygen atoms in total. The zero-order valence-electron chi connectivity index (χ0n) is 12.3. The summed E-state index contributed by atoms with van der Waals surface area (Å²) >= 11 is 0. The highest BCUT2D eigenvalue weighted by molar-refractivity contribution is 5.63. The molecule has 1 rings (SSSR count). The van der Waals surface area contributed by atoms with Crippen LogP contribution in [0.25, 0.3) is 0 Å². The summed E-state index contributed by atoms with van der Waals surface area (Å²) in [6.07, 6.45) is 1.64. The summed E-state index contributed by atoms with van der Waals surface area (Å²) in [6.45, 7) is 6.41. The molecule has 4 N–H and O–H groups in total. The molecule has 0 aromatic carbocycles. The normalized spacial score (nSPS) is 11.1. The molecule has 0 spiro atoms. The number of aliphatic hydroxyl groups is 1. The van der Waals surface area contributed by atoms with E-state index in [1.165, 1.54) is 4.57 Å². The maximum atomic E-state index is 12.1. The highest BCUT2D eigenvalue weighted by atomic mass is 16.3. The van der Waals surface area contributed by atoms with E-state index < -0.39 is 11.2 Å². The minimum atomic E-state index is -0.507. The van der Waals surface area contributed by atoms with Gasteiger partial charge in [0.15, 0.2) is 0 Å². The van der Waals surface area contributed by atoms with Gasteiger partial charge in [-0.1, -0.05) is 13.8 Å². The van der Waals surface area contributed by atoms with E-state index in [0.29, 0.717) is 13.1 Å². The van der Waals surface area contributed by atoms with Crippen LogP contribution in [0.15, 0.2) is 9.59 Å². The van der Waals surface area contributed by atoms with Gasteiger partial charge < -0.3 is 15.7 Å². The Kier molecular flexibility index (Phi) is 5.82. The number of aromatic amines is 1. The Bertz CT molecular complexity index is 546. The number of hydrogen-bond donors (Lipinski definition) is 3. The van der Waals surface area contributed by atoms with Crippen LogP contribution in [-0.4, -0.2) is 33.9 Å². The first-order valence-electron chi connectivity index (χ1n) is 7.01. The summed E-state index contributed by atoms with van der Waals surface area (Å²) < 4.78 is 1.32. The molecule has 7 heteroatoms. The Morgan fingerprint density at radius 1 is 1.30 bits per heavy atom. The highest BCUT2D eigenvalue weighted by Crippen LogP contribution is 2.21. The molecule has 0 fully saturated rings. The van der Waals surface area contributed by atoms with Gasteiger partial charge >= 0.3 is 5.69 Å². The second-order valence-corrected chi connectivity index (χ2v) is 4.62. The number of aromatic nitrogens is 2. The van der Waals surface area contributed by atoms with Crippen LogP contribution in [0.4, 0.5) is 11.5 Å². The Hall–Kier alpha value is -1.76. The van der Waals surface area contributed by atoms with Crippen LogP contribution >= 0.6 is 0 Å². The fourth-order valence-corrected chi connectivity index (χ4v) is 2.48. The standard InChI is InChI=1S/C13H24N4O3/c1-4-9(5-2)17(7-8-18)10-11(14)16(6-3)13(20)15-12(10)19/h9,18H,4-8,14H2,1-3H3,(H,15,19,20). The number of nitrogens with zero attached hydrogens (tertiary/aromatic N) is 2. The van der Waals surface area contributed by atoms with Gasteiger partial charge in [-0.25, -0.2) is 4.79 Å². The first kappa shape index (κ1) is 16.3. The summed E-state index contributed by atoms with van der Waals surface area (Å²) in [7, 11) is 0. The molecule has 1 aromatic heterocycles. The van der Waals surface area contributed by atoms with Gasteiger partial charge in [-0.15, -0.1) is 0 Å². The van der Waals surface area contributed by atoms with Gasteiger partial charge in [0.25, 0.3) is 5.56 Å². The van der Waals surface area contributed by atoms with Crippen LogP contribution in [0.5, 0.6) is 0 Å². The fraction of sp³-hybridized carbons (Fsp3) is 0.692. The SMILES string of the molecule is CCC(CC)N(CCO)c1c(N)n(CC)c(=O)[nH]c1=O. The number of nitrogens with two attached hydrogens (primary N) is 1. The Morgan fingerprint density at radius 2 is 1.90 bits per heavy atom. The van der Waals surface area contributed by atoms with Crippen LogP contribution in [0.3, 0.4) is 0 Å². The van der Waals surface area contributed by atoms with E-state index >= 15 is 0 Å². The van der Waals surface area contributed by atoms with Crippen LogP contribution in [0.2, 0.25) is 0 Å². The lowest BCUT2D eigenvalue weighted by molar-refractivity contribution is 0.295. The smallest absolute Gasteiger partial charge is 0.330 e. The van der Waals surface area contributed by atoms with E-state index in [1.54, 1.807) is 11.8 Å². The molecular weight excluding hydrogens is 260 g/mol. The van der Waals surface area contributed by atoms with Crippen molar-refractivity contribution >= 4 is 11.5 Å². The van der Waals surface area contributed by atoms with Crippen molar-refractivity contribution in [2.75, 3.05) is 23.8 Å². The van der Waals surface area contributed by atoms with Crippen LogP contribution in [0, 0.1) is 0 Å². The predicted octanol–water partition coefficient (Wildman–Crippen LogP) is 0.126. The highest BCUT2D eigenvalue weighted by Gasteiger charge is 2.22. The molecular formula is C13H24N4O3. The average Bonchev–Trinajstić information content (AvgIpc) is 2.40. The van der Waals surface area contributed by atoms with Crippen molar-refractivity contribution in [3.63, 3.8) is 0 Å².